The number of hydrogen-bond acceptors (Lipinski definition) is 7. The van der Waals surface area contributed by atoms with Crippen LogP contribution in [0.2, 0.25) is 36.3 Å². The van der Waals surface area contributed by atoms with Crippen LogP contribution in [0, 0.1) is 24.2 Å². The number of aryl methyl sites for hydroxylation is 1. The number of Topliss-reactive ketones (excluding diaryl/α,β-unsaturated/α-hetero) is 1. The Balaban J connectivity index is 3.20. The topological polar surface area (TPSA) is 106 Å². The van der Waals surface area contributed by atoms with Crippen molar-refractivity contribution in [2.75, 3.05) is 0 Å². The highest BCUT2D eigenvalue weighted by atomic mass is 32.1. The van der Waals surface area contributed by atoms with Crippen LogP contribution in [0.25, 0.3) is 6.08 Å². The summed E-state index contributed by atoms with van der Waals surface area (Å²) in [4.78, 5) is 31.1. The monoisotopic (exact) mass is 737 g/mol. The first-order chi connectivity index (χ1) is 22.0. The lowest BCUT2D eigenvalue weighted by molar-refractivity contribution is -0.146. The summed E-state index contributed by atoms with van der Waals surface area (Å²) in [6, 6.07) is 0. The molecule has 0 fully saturated rings. The van der Waals surface area contributed by atoms with Crippen molar-refractivity contribution in [3.05, 3.63) is 33.3 Å². The van der Waals surface area contributed by atoms with Crippen LogP contribution in [-0.2, 0) is 18.4 Å². The zero-order valence-corrected chi connectivity index (χ0v) is 36.9. The molecule has 7 nitrogen and oxygen atoms in total. The lowest BCUT2D eigenvalue weighted by Gasteiger charge is -2.46. The maximum absolute atomic E-state index is 14.5. The molecule has 10 heteroatoms. The Morgan fingerprint density at radius 2 is 1.49 bits per heavy atom. The van der Waals surface area contributed by atoms with E-state index < -0.39 is 46.1 Å². The zero-order chi connectivity index (χ0) is 38.3. The lowest BCUT2D eigenvalue weighted by atomic mass is 9.73. The first kappa shape index (κ1) is 45.6. The first-order valence-corrected chi connectivity index (χ1v) is 24.8. The minimum Gasteiger partial charge on any atom is -0.481 e. The third-order valence-corrected chi connectivity index (χ3v) is 21.0. The molecule has 0 aliphatic heterocycles. The van der Waals surface area contributed by atoms with Gasteiger partial charge in [-0.3, -0.25) is 9.59 Å². The summed E-state index contributed by atoms with van der Waals surface area (Å²) in [5.74, 6) is -1.31. The number of aliphatic hydroxyl groups excluding tert-OH is 1. The number of carboxylic acids is 1. The predicted octanol–water partition coefficient (Wildman–Crippen LogP) is 10.8. The zero-order valence-electron chi connectivity index (χ0n) is 34.0. The average Bonchev–Trinajstić information content (AvgIpc) is 3.35. The van der Waals surface area contributed by atoms with Gasteiger partial charge in [0.2, 0.25) is 0 Å². The molecule has 1 aromatic heterocycles. The fourth-order valence-corrected chi connectivity index (χ4v) is 8.99. The van der Waals surface area contributed by atoms with Gasteiger partial charge in [-0.25, -0.2) is 4.98 Å². The van der Waals surface area contributed by atoms with E-state index in [4.69, 9.17) is 8.85 Å². The van der Waals surface area contributed by atoms with Gasteiger partial charge >= 0.3 is 5.97 Å². The van der Waals surface area contributed by atoms with E-state index in [1.54, 1.807) is 11.3 Å². The van der Waals surface area contributed by atoms with Crippen LogP contribution in [-0.4, -0.2) is 61.9 Å². The molecule has 0 aromatic carbocycles. The molecule has 0 radical (unpaired) electrons. The highest BCUT2D eigenvalue weighted by Crippen LogP contribution is 2.44. The van der Waals surface area contributed by atoms with Crippen LogP contribution in [0.5, 0.6) is 0 Å². The van der Waals surface area contributed by atoms with Gasteiger partial charge in [0, 0.05) is 16.7 Å². The molecule has 5 unspecified atom stereocenters. The Bertz CT molecular complexity index is 1300. The molecule has 0 aliphatic rings. The summed E-state index contributed by atoms with van der Waals surface area (Å²) < 4.78 is 13.8. The van der Waals surface area contributed by atoms with Crippen LogP contribution < -0.4 is 0 Å². The largest absolute Gasteiger partial charge is 0.481 e. The number of aromatic nitrogens is 1. The van der Waals surface area contributed by atoms with Crippen LogP contribution in [0.3, 0.4) is 0 Å². The molecule has 0 spiro atoms. The van der Waals surface area contributed by atoms with Gasteiger partial charge in [-0.2, -0.15) is 0 Å². The van der Waals surface area contributed by atoms with Gasteiger partial charge in [-0.1, -0.05) is 80.9 Å². The number of carbonyl (C=O) groups excluding carboxylic acids is 1. The highest BCUT2D eigenvalue weighted by Gasteiger charge is 2.49. The number of aliphatic hydroxyl groups is 1. The standard InChI is InChI=1S/C39H71NO6SSi2/c1-26(21-22-32(41)28(3)23-31-25-47-30(5)40-31)19-18-20-27(2)35(46-49(16,17)38(9,10)11)29(4)36(44)39(12,13)33(24-34(42)43)45-48(14,15)37(6,7)8/h21,23,25,27,29,32-33,35,41H,18-20,22,24H2,1-17H3,(H,42,43)/b26-21+,28-23+. The number of carboxylic acid groups (broad SMARTS) is 1. The van der Waals surface area contributed by atoms with Gasteiger partial charge in [0.15, 0.2) is 16.6 Å². The highest BCUT2D eigenvalue weighted by molar-refractivity contribution is 7.09. The minimum atomic E-state index is -2.37. The van der Waals surface area contributed by atoms with Crippen LogP contribution in [0.1, 0.15) is 126 Å². The molecule has 282 valence electrons. The average molecular weight is 738 g/mol. The third-order valence-electron chi connectivity index (χ3n) is 11.2. The van der Waals surface area contributed by atoms with Crippen LogP contribution in [0.15, 0.2) is 22.6 Å². The first-order valence-electron chi connectivity index (χ1n) is 18.1. The predicted molar refractivity (Wildman–Crippen MR) is 212 cm³/mol. The second kappa shape index (κ2) is 17.9. The Morgan fingerprint density at radius 1 is 0.959 bits per heavy atom. The number of rotatable bonds is 19. The van der Waals surface area contributed by atoms with E-state index >= 15 is 0 Å². The van der Waals surface area contributed by atoms with E-state index in [0.717, 1.165) is 35.5 Å². The second-order valence-corrected chi connectivity index (χ2v) is 28.6. The van der Waals surface area contributed by atoms with E-state index in [0.29, 0.717) is 6.42 Å². The molecule has 0 bridgehead atoms. The summed E-state index contributed by atoms with van der Waals surface area (Å²) in [7, 11) is -4.63. The Morgan fingerprint density at radius 3 is 1.96 bits per heavy atom. The van der Waals surface area contributed by atoms with E-state index in [1.807, 2.05) is 46.1 Å². The summed E-state index contributed by atoms with van der Waals surface area (Å²) in [6.07, 6.45) is 5.52. The van der Waals surface area contributed by atoms with Gasteiger partial charge in [0.05, 0.1) is 35.4 Å². The number of carbonyl (C=O) groups is 2. The van der Waals surface area contributed by atoms with Gasteiger partial charge < -0.3 is 19.1 Å². The lowest BCUT2D eigenvalue weighted by Crippen LogP contribution is -2.54. The van der Waals surface area contributed by atoms with Crippen molar-refractivity contribution in [2.24, 2.45) is 17.3 Å². The molecule has 0 saturated carbocycles. The molecule has 0 aliphatic carbocycles. The van der Waals surface area contributed by atoms with Gasteiger partial charge in [-0.05, 0) is 100 Å². The number of aliphatic carboxylic acids is 1. The molecule has 0 saturated heterocycles. The molecule has 1 rings (SSSR count). The maximum atomic E-state index is 14.5. The van der Waals surface area contributed by atoms with Gasteiger partial charge in [-0.15, -0.1) is 11.3 Å². The van der Waals surface area contributed by atoms with Crippen molar-refractivity contribution in [3.8, 4) is 0 Å². The summed E-state index contributed by atoms with van der Waals surface area (Å²) in [5, 5.41) is 23.5. The number of hydrogen-bond donors (Lipinski definition) is 2. The van der Waals surface area contributed by atoms with Crippen molar-refractivity contribution in [1.29, 1.82) is 0 Å². The van der Waals surface area contributed by atoms with Crippen molar-refractivity contribution < 1.29 is 28.7 Å². The third kappa shape index (κ3) is 13.6. The molecule has 5 atom stereocenters. The molecule has 1 aromatic rings. The summed E-state index contributed by atoms with van der Waals surface area (Å²) >= 11 is 1.60. The second-order valence-electron chi connectivity index (χ2n) is 18.0. The molecule has 1 heterocycles. The molecule has 0 amide bonds. The molecular formula is C39H71NO6SSi2. The Labute approximate surface area is 305 Å². The number of ketones is 1. The minimum absolute atomic E-state index is 0.00526. The van der Waals surface area contributed by atoms with Crippen LogP contribution in [0.4, 0.5) is 0 Å². The van der Waals surface area contributed by atoms with Gasteiger partial charge in [0.25, 0.3) is 0 Å². The van der Waals surface area contributed by atoms with E-state index in [2.05, 4.69) is 92.6 Å². The maximum Gasteiger partial charge on any atom is 0.305 e. The van der Waals surface area contributed by atoms with Gasteiger partial charge in [0.1, 0.15) is 5.78 Å². The normalized spacial score (nSPS) is 17.4. The molecule has 49 heavy (non-hydrogen) atoms. The quantitative estimate of drug-likeness (QED) is 0.108. The van der Waals surface area contributed by atoms with Crippen LogP contribution >= 0.6 is 11.3 Å². The summed E-state index contributed by atoms with van der Waals surface area (Å²) in [6.45, 7) is 35.6. The van der Waals surface area contributed by atoms with Crippen molar-refractivity contribution in [1.82, 2.24) is 4.98 Å². The fourth-order valence-electron chi connectivity index (χ4n) is 5.50. The summed E-state index contributed by atoms with van der Waals surface area (Å²) in [5.41, 5.74) is 2.00. The fraction of sp³-hybridized carbons (Fsp3) is 0.769. The molecule has 2 N–H and O–H groups in total. The number of allylic oxidation sites excluding steroid dienone is 1. The Kier molecular flexibility index (Phi) is 16.6. The smallest absolute Gasteiger partial charge is 0.305 e. The van der Waals surface area contributed by atoms with E-state index in [9.17, 15) is 19.8 Å². The Hall–Kier alpha value is -1.44. The number of thiazole rings is 1. The number of nitrogens with zero attached hydrogens (tertiary/aromatic N) is 1. The van der Waals surface area contributed by atoms with Crippen molar-refractivity contribution >= 4 is 45.8 Å². The molecular weight excluding hydrogens is 667 g/mol. The van der Waals surface area contributed by atoms with Crippen molar-refractivity contribution in [2.45, 2.75) is 177 Å². The van der Waals surface area contributed by atoms with Crippen molar-refractivity contribution in [3.63, 3.8) is 0 Å². The SMILES string of the molecule is C/C(=C\CC(O)/C(C)=C/c1csc(C)n1)CCCC(C)C(O[Si](C)(C)C(C)(C)C)C(C)C(=O)C(C)(C)C(CC(=O)O)O[Si](C)(C)C(C)(C)C. The van der Waals surface area contributed by atoms with E-state index in [-0.39, 0.29) is 34.3 Å². The van der Waals surface area contributed by atoms with E-state index in [1.165, 1.54) is 5.57 Å².